The number of ether oxygens (including phenoxy) is 3. The highest BCUT2D eigenvalue weighted by molar-refractivity contribution is 5.71. The van der Waals surface area contributed by atoms with Gasteiger partial charge in [0.2, 0.25) is 0 Å². The summed E-state index contributed by atoms with van der Waals surface area (Å²) in [4.78, 5) is 38.0. The van der Waals surface area contributed by atoms with Crippen LogP contribution in [0.15, 0.2) is 0 Å². The molecule has 0 aromatic carbocycles. The molecule has 0 spiro atoms. The summed E-state index contributed by atoms with van der Waals surface area (Å²) in [6.07, 6.45) is 53.8. The van der Waals surface area contributed by atoms with Crippen LogP contribution in [0, 0.1) is 5.92 Å². The lowest BCUT2D eigenvalue weighted by Crippen LogP contribution is -2.30. The molecule has 6 heteroatoms. The molecule has 6 nitrogen and oxygen atoms in total. The largest absolute Gasteiger partial charge is 0.462 e. The molecular formula is C56H108O6. The molecule has 0 amide bonds. The monoisotopic (exact) mass is 877 g/mol. The van der Waals surface area contributed by atoms with E-state index in [-0.39, 0.29) is 31.1 Å². The van der Waals surface area contributed by atoms with E-state index in [0.717, 1.165) is 63.7 Å². The normalized spacial score (nSPS) is 12.0. The summed E-state index contributed by atoms with van der Waals surface area (Å²) >= 11 is 0. The number of carbonyl (C=O) groups is 3. The van der Waals surface area contributed by atoms with Gasteiger partial charge in [-0.2, -0.15) is 0 Å². The lowest BCUT2D eigenvalue weighted by atomic mass is 10.0. The van der Waals surface area contributed by atoms with E-state index >= 15 is 0 Å². The molecule has 0 aromatic rings. The van der Waals surface area contributed by atoms with Crippen LogP contribution in [-0.4, -0.2) is 37.2 Å². The second-order valence-corrected chi connectivity index (χ2v) is 19.7. The number of esters is 3. The Labute approximate surface area is 387 Å². The maximum Gasteiger partial charge on any atom is 0.306 e. The maximum atomic E-state index is 12.8. The van der Waals surface area contributed by atoms with Crippen molar-refractivity contribution in [2.24, 2.45) is 5.92 Å². The van der Waals surface area contributed by atoms with Crippen LogP contribution >= 0.6 is 0 Å². The first-order valence-corrected chi connectivity index (χ1v) is 27.9. The van der Waals surface area contributed by atoms with Crippen molar-refractivity contribution in [1.29, 1.82) is 0 Å². The van der Waals surface area contributed by atoms with E-state index in [1.807, 2.05) is 0 Å². The van der Waals surface area contributed by atoms with Gasteiger partial charge in [0.25, 0.3) is 0 Å². The summed E-state index contributed by atoms with van der Waals surface area (Å²) in [5, 5.41) is 0. The third-order valence-corrected chi connectivity index (χ3v) is 12.8. The fourth-order valence-corrected chi connectivity index (χ4v) is 8.57. The van der Waals surface area contributed by atoms with E-state index in [0.29, 0.717) is 19.3 Å². The molecule has 1 atom stereocenters. The number of unbranched alkanes of at least 4 members (excludes halogenated alkanes) is 38. The Bertz CT molecular complexity index is 933. The highest BCUT2D eigenvalue weighted by atomic mass is 16.6. The molecule has 0 aliphatic rings. The first kappa shape index (κ1) is 60.4. The SMILES string of the molecule is CCCCCCCCCCCCCCCCCCCC(=O)O[C@@H](COC(=O)CCCCCCCCCCCCCCCCCC)COC(=O)CCCCCCCCCCC(C)C. The smallest absolute Gasteiger partial charge is 0.306 e. The summed E-state index contributed by atoms with van der Waals surface area (Å²) < 4.78 is 16.9. The summed E-state index contributed by atoms with van der Waals surface area (Å²) in [5.74, 6) is -0.0442. The van der Waals surface area contributed by atoms with Crippen LogP contribution < -0.4 is 0 Å². The van der Waals surface area contributed by atoms with E-state index in [4.69, 9.17) is 14.2 Å². The molecular weight excluding hydrogens is 769 g/mol. The lowest BCUT2D eigenvalue weighted by molar-refractivity contribution is -0.167. The van der Waals surface area contributed by atoms with Gasteiger partial charge < -0.3 is 14.2 Å². The second-order valence-electron chi connectivity index (χ2n) is 19.7. The molecule has 0 saturated heterocycles. The molecule has 0 fully saturated rings. The van der Waals surface area contributed by atoms with Gasteiger partial charge in [0.15, 0.2) is 6.10 Å². The third-order valence-electron chi connectivity index (χ3n) is 12.8. The average Bonchev–Trinajstić information content (AvgIpc) is 3.26. The minimum absolute atomic E-state index is 0.0626. The van der Waals surface area contributed by atoms with Crippen molar-refractivity contribution in [3.05, 3.63) is 0 Å². The van der Waals surface area contributed by atoms with Gasteiger partial charge in [0.1, 0.15) is 13.2 Å². The van der Waals surface area contributed by atoms with Gasteiger partial charge in [-0.1, -0.05) is 278 Å². The van der Waals surface area contributed by atoms with E-state index < -0.39 is 6.10 Å². The molecule has 0 bridgehead atoms. The molecule has 0 aromatic heterocycles. The molecule has 0 aliphatic carbocycles. The quantitative estimate of drug-likeness (QED) is 0.0344. The molecule has 0 saturated carbocycles. The Hall–Kier alpha value is -1.59. The van der Waals surface area contributed by atoms with E-state index in [1.165, 1.54) is 212 Å². The van der Waals surface area contributed by atoms with Gasteiger partial charge >= 0.3 is 17.9 Å². The predicted octanol–water partition coefficient (Wildman–Crippen LogP) is 18.2. The van der Waals surface area contributed by atoms with Crippen LogP contribution in [0.25, 0.3) is 0 Å². The molecule has 0 radical (unpaired) electrons. The third kappa shape index (κ3) is 49.4. The fraction of sp³-hybridized carbons (Fsp3) is 0.946. The molecule has 0 N–H and O–H groups in total. The van der Waals surface area contributed by atoms with Crippen molar-refractivity contribution in [1.82, 2.24) is 0 Å². The summed E-state index contributed by atoms with van der Waals surface area (Å²) in [6, 6.07) is 0. The summed E-state index contributed by atoms with van der Waals surface area (Å²) in [7, 11) is 0. The van der Waals surface area contributed by atoms with Crippen LogP contribution in [-0.2, 0) is 28.6 Å². The summed E-state index contributed by atoms with van der Waals surface area (Å²) in [6.45, 7) is 9.02. The highest BCUT2D eigenvalue weighted by Gasteiger charge is 2.19. The predicted molar refractivity (Wildman–Crippen MR) is 266 cm³/mol. The Morgan fingerprint density at radius 3 is 0.790 bits per heavy atom. The average molecular weight is 877 g/mol. The number of carbonyl (C=O) groups excluding carboxylic acids is 3. The second kappa shape index (κ2) is 50.4. The van der Waals surface area contributed by atoms with Gasteiger partial charge in [-0.25, -0.2) is 0 Å². The van der Waals surface area contributed by atoms with Crippen molar-refractivity contribution < 1.29 is 28.6 Å². The minimum atomic E-state index is -0.761. The van der Waals surface area contributed by atoms with E-state index in [1.54, 1.807) is 0 Å². The molecule has 0 heterocycles. The topological polar surface area (TPSA) is 78.9 Å². The Kier molecular flexibility index (Phi) is 49.1. The number of hydrogen-bond donors (Lipinski definition) is 0. The van der Waals surface area contributed by atoms with Gasteiger partial charge in [0, 0.05) is 19.3 Å². The standard InChI is InChI=1S/C56H108O6/c1-5-7-9-11-13-15-17-19-21-23-25-27-29-31-37-41-45-49-56(59)62-53(51-61-55(58)48-44-40-36-33-32-34-38-42-46-52(3)4)50-60-54(57)47-43-39-35-30-28-26-24-22-20-18-16-14-12-10-8-6-2/h52-53H,5-51H2,1-4H3/t53-/m0/s1. The highest BCUT2D eigenvalue weighted by Crippen LogP contribution is 2.18. The van der Waals surface area contributed by atoms with Crippen LogP contribution in [0.3, 0.4) is 0 Å². The zero-order valence-corrected chi connectivity index (χ0v) is 42.3. The van der Waals surface area contributed by atoms with Gasteiger partial charge in [0.05, 0.1) is 0 Å². The lowest BCUT2D eigenvalue weighted by Gasteiger charge is -2.18. The molecule has 0 rings (SSSR count). The molecule has 368 valence electrons. The number of rotatable bonds is 51. The van der Waals surface area contributed by atoms with Crippen LogP contribution in [0.1, 0.15) is 317 Å². The van der Waals surface area contributed by atoms with Crippen LogP contribution in [0.5, 0.6) is 0 Å². The van der Waals surface area contributed by atoms with Crippen molar-refractivity contribution in [2.45, 2.75) is 323 Å². The zero-order chi connectivity index (χ0) is 45.2. The molecule has 0 unspecified atom stereocenters. The molecule has 0 aliphatic heterocycles. The van der Waals surface area contributed by atoms with Crippen molar-refractivity contribution in [3.8, 4) is 0 Å². The van der Waals surface area contributed by atoms with E-state index in [2.05, 4.69) is 27.7 Å². The van der Waals surface area contributed by atoms with E-state index in [9.17, 15) is 14.4 Å². The van der Waals surface area contributed by atoms with Gasteiger partial charge in [-0.3, -0.25) is 14.4 Å². The Morgan fingerprint density at radius 1 is 0.306 bits per heavy atom. The van der Waals surface area contributed by atoms with Gasteiger partial charge in [-0.15, -0.1) is 0 Å². The minimum Gasteiger partial charge on any atom is -0.462 e. The maximum absolute atomic E-state index is 12.8. The molecule has 62 heavy (non-hydrogen) atoms. The first-order valence-electron chi connectivity index (χ1n) is 27.9. The Balaban J connectivity index is 4.27. The Morgan fingerprint density at radius 2 is 0.532 bits per heavy atom. The summed E-state index contributed by atoms with van der Waals surface area (Å²) in [5.41, 5.74) is 0. The zero-order valence-electron chi connectivity index (χ0n) is 42.3. The van der Waals surface area contributed by atoms with Gasteiger partial charge in [-0.05, 0) is 25.2 Å². The van der Waals surface area contributed by atoms with Crippen molar-refractivity contribution in [2.75, 3.05) is 13.2 Å². The fourth-order valence-electron chi connectivity index (χ4n) is 8.57. The van der Waals surface area contributed by atoms with Crippen molar-refractivity contribution >= 4 is 17.9 Å². The van der Waals surface area contributed by atoms with Crippen LogP contribution in [0.2, 0.25) is 0 Å². The van der Waals surface area contributed by atoms with Crippen LogP contribution in [0.4, 0.5) is 0 Å². The first-order chi connectivity index (χ1) is 30.4. The number of hydrogen-bond acceptors (Lipinski definition) is 6. The van der Waals surface area contributed by atoms with Crippen molar-refractivity contribution in [3.63, 3.8) is 0 Å².